The summed E-state index contributed by atoms with van der Waals surface area (Å²) in [5, 5.41) is 15.1. The molecule has 0 aliphatic heterocycles. The summed E-state index contributed by atoms with van der Waals surface area (Å²) >= 11 is 0. The van der Waals surface area contributed by atoms with Gasteiger partial charge in [0.05, 0.1) is 0 Å². The second kappa shape index (κ2) is 15.8. The number of aryl methyl sites for hydroxylation is 1. The zero-order valence-corrected chi connectivity index (χ0v) is 13.9. The number of hydrogen-bond donors (Lipinski definition) is 2. The van der Waals surface area contributed by atoms with Crippen molar-refractivity contribution in [2.24, 2.45) is 0 Å². The largest absolute Gasteiger partial charge is 0.508 e. The molecule has 0 atom stereocenters. The van der Waals surface area contributed by atoms with Crippen LogP contribution >= 0.6 is 0 Å². The maximum absolute atomic E-state index is 9.65. The summed E-state index contributed by atoms with van der Waals surface area (Å²) in [5.41, 5.74) is 1.10. The van der Waals surface area contributed by atoms with Gasteiger partial charge in [-0.3, -0.25) is 0 Å². The molecule has 0 aliphatic rings. The molecule has 0 fully saturated rings. The van der Waals surface area contributed by atoms with Gasteiger partial charge >= 0.3 is 0 Å². The zero-order chi connectivity index (χ0) is 16.5. The van der Waals surface area contributed by atoms with Gasteiger partial charge in [0.25, 0.3) is 0 Å². The summed E-state index contributed by atoms with van der Waals surface area (Å²) in [6.45, 7) is 2.27. The highest BCUT2D eigenvalue weighted by Gasteiger charge is 1.99. The summed E-state index contributed by atoms with van der Waals surface area (Å²) in [7, 11) is 0. The van der Waals surface area contributed by atoms with Gasteiger partial charge in [0.15, 0.2) is 0 Å². The van der Waals surface area contributed by atoms with E-state index >= 15 is 0 Å². The number of aromatic hydroxyl groups is 1. The number of phenolic OH excluding ortho intramolecular Hbond substituents is 1. The van der Waals surface area contributed by atoms with Gasteiger partial charge in [0, 0.05) is 0 Å². The Bertz CT molecular complexity index is 398. The van der Waals surface area contributed by atoms with E-state index in [-0.39, 0.29) is 0 Å². The van der Waals surface area contributed by atoms with Crippen LogP contribution < -0.4 is 0 Å². The molecule has 0 aliphatic carbocycles. The Labute approximate surface area is 135 Å². The second-order valence-electron chi connectivity index (χ2n) is 5.66. The van der Waals surface area contributed by atoms with Crippen LogP contribution in [0.5, 0.6) is 5.75 Å². The van der Waals surface area contributed by atoms with E-state index in [1.165, 1.54) is 64.2 Å². The molecule has 3 nitrogen and oxygen atoms in total. The average Bonchev–Trinajstić information content (AvgIpc) is 2.51. The molecule has 0 unspecified atom stereocenters. The van der Waals surface area contributed by atoms with Crippen molar-refractivity contribution in [3.63, 3.8) is 0 Å². The quantitative estimate of drug-likeness (QED) is 0.310. The summed E-state index contributed by atoms with van der Waals surface area (Å²) < 4.78 is 0. The molecule has 0 saturated heterocycles. The normalized spacial score (nSPS) is 9.68. The molecule has 1 aromatic rings. The van der Waals surface area contributed by atoms with Crippen LogP contribution in [-0.2, 0) is 11.2 Å². The van der Waals surface area contributed by atoms with Gasteiger partial charge in [-0.25, -0.2) is 10.2 Å². The van der Waals surface area contributed by atoms with E-state index in [4.69, 9.17) is 10.2 Å². The molecule has 0 saturated carbocycles. The highest BCUT2D eigenvalue weighted by molar-refractivity contribution is 5.31. The number of carbonyl (C=O) groups excluding carboxylic acids is 1. The van der Waals surface area contributed by atoms with Crippen molar-refractivity contribution in [3.05, 3.63) is 29.8 Å². The molecule has 1 aromatic carbocycles. The van der Waals surface area contributed by atoms with E-state index in [2.05, 4.69) is 6.92 Å². The predicted octanol–water partition coefficient (Wildman–Crippen LogP) is 5.76. The number of rotatable bonds is 11. The first-order valence-corrected chi connectivity index (χ1v) is 8.57. The summed E-state index contributed by atoms with van der Waals surface area (Å²) in [6.07, 6.45) is 15.4. The lowest BCUT2D eigenvalue weighted by Gasteiger charge is -2.04. The van der Waals surface area contributed by atoms with E-state index in [1.54, 1.807) is 6.07 Å². The van der Waals surface area contributed by atoms with E-state index in [0.29, 0.717) is 5.75 Å². The van der Waals surface area contributed by atoms with Gasteiger partial charge in [-0.2, -0.15) is 0 Å². The summed E-state index contributed by atoms with van der Waals surface area (Å²) in [6, 6.07) is 7.71. The number of benzene rings is 1. The van der Waals surface area contributed by atoms with Crippen LogP contribution in [0.1, 0.15) is 76.7 Å². The number of isocyanates is 1. The molecule has 124 valence electrons. The van der Waals surface area contributed by atoms with Gasteiger partial charge in [-0.05, 0) is 24.5 Å². The smallest absolute Gasteiger partial charge is 0.231 e. The highest BCUT2D eigenvalue weighted by atomic mass is 16.3. The van der Waals surface area contributed by atoms with Crippen LogP contribution in [0.4, 0.5) is 0 Å². The molecule has 0 amide bonds. The molecule has 0 bridgehead atoms. The number of hydrogen-bond acceptors (Lipinski definition) is 3. The minimum Gasteiger partial charge on any atom is -0.508 e. The monoisotopic (exact) mass is 305 g/mol. The molecular formula is C19H31NO2. The third kappa shape index (κ3) is 12.2. The first-order chi connectivity index (χ1) is 10.8. The molecule has 1 rings (SSSR count). The third-order valence-corrected chi connectivity index (χ3v) is 3.79. The molecule has 0 heterocycles. The molecule has 3 heteroatoms. The molecule has 22 heavy (non-hydrogen) atoms. The lowest BCUT2D eigenvalue weighted by molar-refractivity contribution is 0.466. The lowest BCUT2D eigenvalue weighted by atomic mass is 10.0. The SMILES string of the molecule is CCCCCCCCCCCCc1ccccc1O.N=C=O. The van der Waals surface area contributed by atoms with Crippen LogP contribution in [0.15, 0.2) is 24.3 Å². The standard InChI is InChI=1S/C18H30O.CHNO/c1-2-3-4-5-6-7-8-9-10-11-14-17-15-12-13-16-18(17)19;2-1-3/h12-13,15-16,19H,2-11,14H2,1H3;2H. The topological polar surface area (TPSA) is 61.1 Å². The Morgan fingerprint density at radius 1 is 0.909 bits per heavy atom. The molecule has 0 aromatic heterocycles. The van der Waals surface area contributed by atoms with E-state index < -0.39 is 0 Å². The Kier molecular flexibility index (Phi) is 14.6. The zero-order valence-electron chi connectivity index (χ0n) is 13.9. The van der Waals surface area contributed by atoms with Crippen molar-refractivity contribution < 1.29 is 9.90 Å². The van der Waals surface area contributed by atoms with Crippen LogP contribution in [0.25, 0.3) is 0 Å². The Balaban J connectivity index is 0.00000135. The molecule has 0 spiro atoms. The van der Waals surface area contributed by atoms with Crippen molar-refractivity contribution in [1.29, 1.82) is 5.41 Å². The van der Waals surface area contributed by atoms with Crippen LogP contribution in [0.3, 0.4) is 0 Å². The lowest BCUT2D eigenvalue weighted by Crippen LogP contribution is -1.87. The number of para-hydroxylation sites is 1. The fourth-order valence-electron chi connectivity index (χ4n) is 2.53. The highest BCUT2D eigenvalue weighted by Crippen LogP contribution is 2.19. The van der Waals surface area contributed by atoms with Crippen LogP contribution in [0, 0.1) is 5.41 Å². The van der Waals surface area contributed by atoms with Crippen molar-refractivity contribution >= 4 is 6.08 Å². The first kappa shape index (κ1) is 20.4. The summed E-state index contributed by atoms with van der Waals surface area (Å²) in [4.78, 5) is 8.35. The van der Waals surface area contributed by atoms with Gasteiger partial charge < -0.3 is 5.11 Å². The van der Waals surface area contributed by atoms with E-state index in [9.17, 15) is 5.11 Å². The van der Waals surface area contributed by atoms with Crippen LogP contribution in [-0.4, -0.2) is 11.2 Å². The van der Waals surface area contributed by atoms with Crippen LogP contribution in [0.2, 0.25) is 0 Å². The van der Waals surface area contributed by atoms with E-state index in [1.807, 2.05) is 18.2 Å². The van der Waals surface area contributed by atoms with Gasteiger partial charge in [0.1, 0.15) is 5.75 Å². The Morgan fingerprint density at radius 2 is 1.36 bits per heavy atom. The maximum atomic E-state index is 9.65. The fraction of sp³-hybridized carbons (Fsp3) is 0.632. The van der Waals surface area contributed by atoms with Crippen molar-refractivity contribution in [2.75, 3.05) is 0 Å². The minimum absolute atomic E-state index is 0.457. The fourth-order valence-corrected chi connectivity index (χ4v) is 2.53. The van der Waals surface area contributed by atoms with Crippen molar-refractivity contribution in [3.8, 4) is 5.75 Å². The van der Waals surface area contributed by atoms with E-state index in [0.717, 1.165) is 18.1 Å². The number of unbranched alkanes of at least 4 members (excludes halogenated alkanes) is 9. The second-order valence-corrected chi connectivity index (χ2v) is 5.66. The Hall–Kier alpha value is -1.60. The Morgan fingerprint density at radius 3 is 1.86 bits per heavy atom. The third-order valence-electron chi connectivity index (χ3n) is 3.79. The average molecular weight is 305 g/mol. The van der Waals surface area contributed by atoms with Gasteiger partial charge in [-0.15, -0.1) is 0 Å². The number of nitrogens with one attached hydrogen (secondary N) is 1. The number of phenols is 1. The molecule has 0 radical (unpaired) electrons. The van der Waals surface area contributed by atoms with Crippen molar-refractivity contribution in [1.82, 2.24) is 0 Å². The van der Waals surface area contributed by atoms with Gasteiger partial charge in [-0.1, -0.05) is 82.9 Å². The first-order valence-electron chi connectivity index (χ1n) is 8.57. The molecular weight excluding hydrogens is 274 g/mol. The van der Waals surface area contributed by atoms with Crippen molar-refractivity contribution in [2.45, 2.75) is 77.6 Å². The van der Waals surface area contributed by atoms with Gasteiger partial charge in [0.2, 0.25) is 6.08 Å². The maximum Gasteiger partial charge on any atom is 0.231 e. The summed E-state index contributed by atoms with van der Waals surface area (Å²) in [5.74, 6) is 0.457. The molecule has 2 N–H and O–H groups in total. The minimum atomic E-state index is 0.457. The predicted molar refractivity (Wildman–Crippen MR) is 92.1 cm³/mol.